The smallest absolute Gasteiger partial charge is 0.324 e. The first-order chi connectivity index (χ1) is 8.75. The number of pyridine rings is 1. The summed E-state index contributed by atoms with van der Waals surface area (Å²) in [5.41, 5.74) is 3.87. The lowest BCUT2D eigenvalue weighted by Gasteiger charge is -2.26. The Morgan fingerprint density at radius 2 is 2.06 bits per heavy atom. The minimum absolute atomic E-state index is 0.828. The minimum atomic E-state index is 0.828. The maximum Gasteiger partial charge on any atom is 0.324 e. The zero-order valence-electron chi connectivity index (χ0n) is 10.7. The van der Waals surface area contributed by atoms with E-state index in [9.17, 15) is 0 Å². The summed E-state index contributed by atoms with van der Waals surface area (Å²) in [6.45, 7) is 2.98. The molecule has 0 bridgehead atoms. The predicted octanol–water partition coefficient (Wildman–Crippen LogP) is 2.56. The minimum Gasteiger partial charge on any atom is -0.338 e. The molecule has 3 heteroatoms. The highest BCUT2D eigenvalue weighted by molar-refractivity contribution is 5.88. The highest BCUT2D eigenvalue weighted by Crippen LogP contribution is 2.26. The Hall–Kier alpha value is -2.16. The highest BCUT2D eigenvalue weighted by atomic mass is 15.3. The Morgan fingerprint density at radius 3 is 2.83 bits per heavy atom. The van der Waals surface area contributed by atoms with E-state index in [-0.39, 0.29) is 0 Å². The quantitative estimate of drug-likeness (QED) is 0.711. The van der Waals surface area contributed by atoms with Crippen molar-refractivity contribution in [2.24, 2.45) is 0 Å². The summed E-state index contributed by atoms with van der Waals surface area (Å²) < 4.78 is 2.17. The number of fused-ring (bicyclic) bond motifs is 1. The van der Waals surface area contributed by atoms with Gasteiger partial charge in [0.2, 0.25) is 0 Å². The average Bonchev–Trinajstić information content (AvgIpc) is 2.39. The van der Waals surface area contributed by atoms with Gasteiger partial charge in [-0.25, -0.2) is 4.58 Å². The number of anilines is 1. The number of nitrogens with zero attached hydrogens (tertiary/aromatic N) is 3. The zero-order valence-corrected chi connectivity index (χ0v) is 10.7. The number of hydrogen-bond acceptors (Lipinski definition) is 2. The zero-order chi connectivity index (χ0) is 12.5. The second-order valence-electron chi connectivity index (χ2n) is 4.64. The first kappa shape index (κ1) is 11.0. The fourth-order valence-electron chi connectivity index (χ4n) is 2.48. The topological polar surface area (TPSA) is 19.1 Å². The molecule has 2 heterocycles. The third-order valence-electron chi connectivity index (χ3n) is 3.25. The van der Waals surface area contributed by atoms with E-state index in [2.05, 4.69) is 52.8 Å². The van der Waals surface area contributed by atoms with Crippen molar-refractivity contribution in [1.29, 1.82) is 0 Å². The number of rotatable bonds is 1. The largest absolute Gasteiger partial charge is 0.338 e. The van der Waals surface area contributed by atoms with Crippen LogP contribution < -0.4 is 4.90 Å². The first-order valence-corrected chi connectivity index (χ1v) is 6.09. The van der Waals surface area contributed by atoms with E-state index in [1.165, 1.54) is 16.8 Å². The fraction of sp³-hybridized carbons (Fsp3) is 0.200. The van der Waals surface area contributed by atoms with Crippen LogP contribution in [0.4, 0.5) is 11.5 Å². The van der Waals surface area contributed by atoms with Gasteiger partial charge in [-0.1, -0.05) is 18.2 Å². The molecule has 1 aliphatic heterocycles. The summed E-state index contributed by atoms with van der Waals surface area (Å²) in [4.78, 5) is 6.66. The van der Waals surface area contributed by atoms with Crippen LogP contribution in [0, 0.1) is 6.92 Å². The number of benzene rings is 1. The van der Waals surface area contributed by atoms with Crippen molar-refractivity contribution < 1.29 is 4.58 Å². The normalized spacial score (nSPS) is 14.1. The van der Waals surface area contributed by atoms with Gasteiger partial charge in [0.05, 0.1) is 5.69 Å². The van der Waals surface area contributed by atoms with Gasteiger partial charge in [0.15, 0.2) is 6.67 Å². The molecule has 0 spiro atoms. The second kappa shape index (κ2) is 4.26. The molecule has 0 atom stereocenters. The van der Waals surface area contributed by atoms with E-state index >= 15 is 0 Å². The van der Waals surface area contributed by atoms with E-state index in [1.807, 2.05) is 24.4 Å². The van der Waals surface area contributed by atoms with E-state index in [1.54, 1.807) is 0 Å². The maximum absolute atomic E-state index is 4.40. The lowest BCUT2D eigenvalue weighted by Crippen LogP contribution is -2.33. The molecule has 3 rings (SSSR count). The molecule has 0 unspecified atom stereocenters. The Balaban J connectivity index is 2.11. The van der Waals surface area contributed by atoms with E-state index < -0.39 is 0 Å². The molecule has 18 heavy (non-hydrogen) atoms. The van der Waals surface area contributed by atoms with Crippen molar-refractivity contribution in [2.45, 2.75) is 6.92 Å². The third kappa shape index (κ3) is 1.78. The van der Waals surface area contributed by atoms with E-state index in [0.717, 1.165) is 12.5 Å². The molecular formula is C15H16N3+. The summed E-state index contributed by atoms with van der Waals surface area (Å²) in [7, 11) is 2.12. The third-order valence-corrected chi connectivity index (χ3v) is 3.25. The lowest BCUT2D eigenvalue weighted by atomic mass is 10.1. The molecule has 1 aliphatic rings. The monoisotopic (exact) mass is 238 g/mol. The summed E-state index contributed by atoms with van der Waals surface area (Å²) in [6.07, 6.45) is 4.00. The summed E-state index contributed by atoms with van der Waals surface area (Å²) in [5.74, 6) is 0.983. The van der Waals surface area contributed by atoms with Crippen LogP contribution in [0.25, 0.3) is 0 Å². The van der Waals surface area contributed by atoms with E-state index in [0.29, 0.717) is 0 Å². The number of aromatic nitrogens is 1. The van der Waals surface area contributed by atoms with Gasteiger partial charge in [-0.2, -0.15) is 0 Å². The summed E-state index contributed by atoms with van der Waals surface area (Å²) >= 11 is 0. The van der Waals surface area contributed by atoms with Crippen molar-refractivity contribution in [2.75, 3.05) is 18.6 Å². The van der Waals surface area contributed by atoms with Crippen molar-refractivity contribution in [3.8, 4) is 0 Å². The van der Waals surface area contributed by atoms with Gasteiger partial charge in [-0.3, -0.25) is 0 Å². The molecule has 2 aromatic rings. The van der Waals surface area contributed by atoms with Crippen LogP contribution in [0.1, 0.15) is 11.1 Å². The van der Waals surface area contributed by atoms with E-state index in [4.69, 9.17) is 0 Å². The number of hydrogen-bond donors (Lipinski definition) is 0. The lowest BCUT2D eigenvalue weighted by molar-refractivity contribution is -0.439. The molecule has 3 nitrogen and oxygen atoms in total. The fourth-order valence-corrected chi connectivity index (χ4v) is 2.48. The molecule has 0 N–H and O–H groups in total. The first-order valence-electron chi connectivity index (χ1n) is 6.09. The van der Waals surface area contributed by atoms with Crippen LogP contribution in [0.2, 0.25) is 0 Å². The standard InChI is InChI=1S/C15H16N3/c1-12-6-5-7-13-10-18(11-17(2)15(12)13)14-8-3-4-9-16-14/h3-10H,11H2,1-2H3/q+1. The average molecular weight is 238 g/mol. The van der Waals surface area contributed by atoms with Gasteiger partial charge in [0, 0.05) is 18.7 Å². The van der Waals surface area contributed by atoms with Crippen molar-refractivity contribution in [3.63, 3.8) is 0 Å². The Bertz CT molecular complexity index is 602. The van der Waals surface area contributed by atoms with Crippen LogP contribution in [0.15, 0.2) is 42.6 Å². The summed E-state index contributed by atoms with van der Waals surface area (Å²) in [5, 5.41) is 0. The van der Waals surface area contributed by atoms with Gasteiger partial charge in [-0.15, -0.1) is 0 Å². The molecule has 0 fully saturated rings. The Labute approximate surface area is 107 Å². The highest BCUT2D eigenvalue weighted by Gasteiger charge is 2.21. The Morgan fingerprint density at radius 1 is 1.17 bits per heavy atom. The van der Waals surface area contributed by atoms with Crippen LogP contribution in [-0.4, -0.2) is 29.5 Å². The molecule has 0 saturated carbocycles. The van der Waals surface area contributed by atoms with Crippen LogP contribution in [0.3, 0.4) is 0 Å². The number of para-hydroxylation sites is 1. The molecule has 0 amide bonds. The maximum atomic E-state index is 4.40. The van der Waals surface area contributed by atoms with Gasteiger partial charge in [0.1, 0.15) is 12.4 Å². The number of aryl methyl sites for hydroxylation is 1. The SMILES string of the molecule is Cc1cccc2c1N(C)C[N+](c1ccccn1)=C2. The Kier molecular flexibility index (Phi) is 2.59. The van der Waals surface area contributed by atoms with Crippen LogP contribution in [-0.2, 0) is 0 Å². The molecule has 0 aliphatic carbocycles. The van der Waals surface area contributed by atoms with Gasteiger partial charge < -0.3 is 4.90 Å². The van der Waals surface area contributed by atoms with Crippen LogP contribution in [0.5, 0.6) is 0 Å². The summed E-state index contributed by atoms with van der Waals surface area (Å²) in [6, 6.07) is 12.4. The van der Waals surface area contributed by atoms with Crippen molar-refractivity contribution in [1.82, 2.24) is 4.98 Å². The van der Waals surface area contributed by atoms with Gasteiger partial charge in [0.25, 0.3) is 0 Å². The molecule has 0 radical (unpaired) electrons. The van der Waals surface area contributed by atoms with Gasteiger partial charge >= 0.3 is 5.82 Å². The molecule has 0 saturated heterocycles. The van der Waals surface area contributed by atoms with Crippen molar-refractivity contribution >= 4 is 17.7 Å². The molecule has 90 valence electrons. The van der Waals surface area contributed by atoms with Gasteiger partial charge in [-0.05, 0) is 29.6 Å². The molecule has 1 aromatic carbocycles. The molecular weight excluding hydrogens is 222 g/mol. The van der Waals surface area contributed by atoms with Crippen molar-refractivity contribution in [3.05, 3.63) is 53.7 Å². The predicted molar refractivity (Wildman–Crippen MR) is 73.8 cm³/mol. The molecule has 1 aromatic heterocycles. The van der Waals surface area contributed by atoms with Crippen LogP contribution >= 0.6 is 0 Å². The second-order valence-corrected chi connectivity index (χ2v) is 4.64.